The van der Waals surface area contributed by atoms with Gasteiger partial charge >= 0.3 is 0 Å². The van der Waals surface area contributed by atoms with Gasteiger partial charge in [-0.05, 0) is 42.5 Å². The van der Waals surface area contributed by atoms with E-state index in [1.807, 2.05) is 6.07 Å². The van der Waals surface area contributed by atoms with Crippen molar-refractivity contribution < 1.29 is 4.39 Å². The summed E-state index contributed by atoms with van der Waals surface area (Å²) in [6.45, 7) is 2.09. The van der Waals surface area contributed by atoms with Crippen LogP contribution >= 0.6 is 15.9 Å². The lowest BCUT2D eigenvalue weighted by molar-refractivity contribution is 0.621. The molecule has 0 N–H and O–H groups in total. The molecule has 0 saturated carbocycles. The quantitative estimate of drug-likeness (QED) is 0.708. The van der Waals surface area contributed by atoms with Gasteiger partial charge in [-0.1, -0.05) is 57.9 Å². The van der Waals surface area contributed by atoms with E-state index in [1.165, 1.54) is 17.2 Å². The van der Waals surface area contributed by atoms with Gasteiger partial charge in [-0.2, -0.15) is 0 Å². The van der Waals surface area contributed by atoms with Crippen molar-refractivity contribution in [1.82, 2.24) is 0 Å². The molecule has 0 aliphatic carbocycles. The molecule has 2 heteroatoms. The largest absolute Gasteiger partial charge is 0.207 e. The molecular weight excluding hydrogens is 291 g/mol. The predicted octanol–water partition coefficient (Wildman–Crippen LogP) is 4.86. The SMILES string of the molecule is Cc1cccc(CC(CBr)c2cccc(F)c2)c1. The van der Waals surface area contributed by atoms with Crippen molar-refractivity contribution in [3.8, 4) is 0 Å². The van der Waals surface area contributed by atoms with Gasteiger partial charge in [0.25, 0.3) is 0 Å². The summed E-state index contributed by atoms with van der Waals surface area (Å²) in [4.78, 5) is 0. The van der Waals surface area contributed by atoms with Crippen LogP contribution in [0, 0.1) is 12.7 Å². The Kier molecular flexibility index (Phi) is 4.54. The van der Waals surface area contributed by atoms with Crippen LogP contribution in [0.3, 0.4) is 0 Å². The Morgan fingerprint density at radius 1 is 1.11 bits per heavy atom. The highest BCUT2D eigenvalue weighted by molar-refractivity contribution is 9.09. The molecule has 0 aromatic heterocycles. The van der Waals surface area contributed by atoms with Crippen LogP contribution in [0.2, 0.25) is 0 Å². The summed E-state index contributed by atoms with van der Waals surface area (Å²) in [7, 11) is 0. The molecule has 0 radical (unpaired) electrons. The Morgan fingerprint density at radius 2 is 1.89 bits per heavy atom. The summed E-state index contributed by atoms with van der Waals surface area (Å²) in [6, 6.07) is 15.4. The van der Waals surface area contributed by atoms with Crippen LogP contribution in [0.1, 0.15) is 22.6 Å². The van der Waals surface area contributed by atoms with Crippen molar-refractivity contribution in [1.29, 1.82) is 0 Å². The second kappa shape index (κ2) is 6.14. The van der Waals surface area contributed by atoms with E-state index in [0.29, 0.717) is 5.92 Å². The van der Waals surface area contributed by atoms with E-state index >= 15 is 0 Å². The molecule has 0 heterocycles. The Balaban J connectivity index is 2.19. The fourth-order valence-corrected chi connectivity index (χ4v) is 2.75. The molecule has 0 fully saturated rings. The van der Waals surface area contributed by atoms with E-state index in [1.54, 1.807) is 12.1 Å². The van der Waals surface area contributed by atoms with Gasteiger partial charge in [0.1, 0.15) is 5.82 Å². The van der Waals surface area contributed by atoms with Crippen molar-refractivity contribution in [2.75, 3.05) is 5.33 Å². The van der Waals surface area contributed by atoms with E-state index in [0.717, 1.165) is 17.3 Å². The number of hydrogen-bond acceptors (Lipinski definition) is 0. The van der Waals surface area contributed by atoms with Gasteiger partial charge in [0.15, 0.2) is 0 Å². The van der Waals surface area contributed by atoms with Gasteiger partial charge in [-0.25, -0.2) is 4.39 Å². The number of halogens is 2. The smallest absolute Gasteiger partial charge is 0.123 e. The second-order valence-corrected chi connectivity index (χ2v) is 5.25. The zero-order valence-electron chi connectivity index (χ0n) is 10.4. The lowest BCUT2D eigenvalue weighted by atomic mass is 9.93. The van der Waals surface area contributed by atoms with Gasteiger partial charge < -0.3 is 0 Å². The van der Waals surface area contributed by atoms with E-state index in [9.17, 15) is 4.39 Å². The first-order chi connectivity index (χ1) is 8.69. The van der Waals surface area contributed by atoms with E-state index in [4.69, 9.17) is 0 Å². The summed E-state index contributed by atoms with van der Waals surface area (Å²) in [5.41, 5.74) is 3.61. The highest BCUT2D eigenvalue weighted by atomic mass is 79.9. The number of benzene rings is 2. The fraction of sp³-hybridized carbons (Fsp3) is 0.250. The maximum absolute atomic E-state index is 13.3. The molecule has 1 unspecified atom stereocenters. The van der Waals surface area contributed by atoms with E-state index in [-0.39, 0.29) is 5.82 Å². The van der Waals surface area contributed by atoms with Gasteiger partial charge in [-0.3, -0.25) is 0 Å². The van der Waals surface area contributed by atoms with Crippen molar-refractivity contribution in [2.45, 2.75) is 19.3 Å². The third-order valence-electron chi connectivity index (χ3n) is 3.07. The predicted molar refractivity (Wildman–Crippen MR) is 77.8 cm³/mol. The molecule has 1 atom stereocenters. The summed E-state index contributed by atoms with van der Waals surface area (Å²) in [5, 5.41) is 0.838. The summed E-state index contributed by atoms with van der Waals surface area (Å²) >= 11 is 3.53. The molecule has 0 aliphatic heterocycles. The van der Waals surface area contributed by atoms with Crippen LogP contribution < -0.4 is 0 Å². The lowest BCUT2D eigenvalue weighted by Gasteiger charge is -2.15. The highest BCUT2D eigenvalue weighted by Crippen LogP contribution is 2.24. The third-order valence-corrected chi connectivity index (χ3v) is 3.85. The minimum atomic E-state index is -0.164. The molecule has 2 aromatic rings. The summed E-state index contributed by atoms with van der Waals surface area (Å²) in [5.74, 6) is 0.144. The minimum Gasteiger partial charge on any atom is -0.207 e. The van der Waals surface area contributed by atoms with Crippen LogP contribution in [0.25, 0.3) is 0 Å². The Labute approximate surface area is 116 Å². The van der Waals surface area contributed by atoms with Crippen LogP contribution in [0.15, 0.2) is 48.5 Å². The standard InChI is InChI=1S/C16H16BrF/c1-12-4-2-5-13(8-12)9-15(11-17)14-6-3-7-16(18)10-14/h2-8,10,15H,9,11H2,1H3. The highest BCUT2D eigenvalue weighted by Gasteiger charge is 2.11. The van der Waals surface area contributed by atoms with E-state index < -0.39 is 0 Å². The fourth-order valence-electron chi connectivity index (χ4n) is 2.15. The number of aryl methyl sites for hydroxylation is 1. The maximum Gasteiger partial charge on any atom is 0.123 e. The molecule has 18 heavy (non-hydrogen) atoms. The second-order valence-electron chi connectivity index (χ2n) is 4.60. The molecule has 0 spiro atoms. The molecule has 2 rings (SSSR count). The summed E-state index contributed by atoms with van der Waals surface area (Å²) < 4.78 is 13.3. The van der Waals surface area contributed by atoms with Crippen LogP contribution in [0.5, 0.6) is 0 Å². The molecular formula is C16H16BrF. The topological polar surface area (TPSA) is 0 Å². The average Bonchev–Trinajstić information content (AvgIpc) is 2.36. The first kappa shape index (κ1) is 13.3. The number of rotatable bonds is 4. The monoisotopic (exact) mass is 306 g/mol. The minimum absolute atomic E-state index is 0.164. The van der Waals surface area contributed by atoms with E-state index in [2.05, 4.69) is 47.1 Å². The van der Waals surface area contributed by atoms with Crippen LogP contribution in [-0.2, 0) is 6.42 Å². The van der Waals surface area contributed by atoms with Gasteiger partial charge in [0, 0.05) is 5.33 Å². The first-order valence-corrected chi connectivity index (χ1v) is 7.18. The normalized spacial score (nSPS) is 12.4. The molecule has 94 valence electrons. The number of hydrogen-bond donors (Lipinski definition) is 0. The average molecular weight is 307 g/mol. The van der Waals surface area contributed by atoms with Crippen molar-refractivity contribution in [3.63, 3.8) is 0 Å². The van der Waals surface area contributed by atoms with Crippen molar-refractivity contribution in [3.05, 3.63) is 71.0 Å². The van der Waals surface area contributed by atoms with Crippen LogP contribution in [0.4, 0.5) is 4.39 Å². The molecule has 0 aliphatic rings. The van der Waals surface area contributed by atoms with Gasteiger partial charge in [-0.15, -0.1) is 0 Å². The molecule has 0 amide bonds. The molecule has 2 aromatic carbocycles. The first-order valence-electron chi connectivity index (χ1n) is 6.06. The Morgan fingerprint density at radius 3 is 2.56 bits per heavy atom. The summed E-state index contributed by atoms with van der Waals surface area (Å²) in [6.07, 6.45) is 0.927. The molecule has 0 nitrogen and oxygen atoms in total. The van der Waals surface area contributed by atoms with Crippen LogP contribution in [-0.4, -0.2) is 5.33 Å². The Hall–Kier alpha value is -1.15. The zero-order chi connectivity index (χ0) is 13.0. The molecule has 0 saturated heterocycles. The molecule has 0 bridgehead atoms. The third kappa shape index (κ3) is 3.42. The van der Waals surface area contributed by atoms with Crippen molar-refractivity contribution >= 4 is 15.9 Å². The Bertz CT molecular complexity index is 522. The van der Waals surface area contributed by atoms with Gasteiger partial charge in [0.05, 0.1) is 0 Å². The van der Waals surface area contributed by atoms with Crippen molar-refractivity contribution in [2.24, 2.45) is 0 Å². The zero-order valence-corrected chi connectivity index (χ0v) is 12.0. The number of alkyl halides is 1. The van der Waals surface area contributed by atoms with Gasteiger partial charge in [0.2, 0.25) is 0 Å². The maximum atomic E-state index is 13.3. The lowest BCUT2D eigenvalue weighted by Crippen LogP contribution is -2.05.